The van der Waals surface area contributed by atoms with E-state index in [-0.39, 0.29) is 17.0 Å². The number of pyridine rings is 1. The number of halogens is 1. The van der Waals surface area contributed by atoms with Crippen LogP contribution in [0.15, 0.2) is 77.6 Å². The highest BCUT2D eigenvalue weighted by Gasteiger charge is 2.27. The van der Waals surface area contributed by atoms with Gasteiger partial charge in [0.05, 0.1) is 17.7 Å². The number of hydrogen-bond acceptors (Lipinski definition) is 4. The van der Waals surface area contributed by atoms with Crippen LogP contribution in [-0.2, 0) is 6.54 Å². The van der Waals surface area contributed by atoms with Crippen molar-refractivity contribution >= 4 is 34.1 Å². The molecule has 36 heavy (non-hydrogen) atoms. The van der Waals surface area contributed by atoms with Gasteiger partial charge in [0.1, 0.15) is 11.6 Å². The number of amides is 1. The van der Waals surface area contributed by atoms with E-state index < -0.39 is 0 Å². The molecular formula is C29H25ClN4O2. The third-order valence-electron chi connectivity index (χ3n) is 6.66. The number of piperazine rings is 1. The van der Waals surface area contributed by atoms with Crippen LogP contribution >= 0.6 is 11.6 Å². The molecule has 0 radical (unpaired) electrons. The average Bonchev–Trinajstić information content (AvgIpc) is 2.90. The van der Waals surface area contributed by atoms with Crippen LogP contribution < -0.4 is 10.5 Å². The summed E-state index contributed by atoms with van der Waals surface area (Å²) < 4.78 is 1.69. The lowest BCUT2D eigenvalue weighted by atomic mass is 10.0. The average molecular weight is 497 g/mol. The SMILES string of the molecule is Cc1ccc2c(c1)c(N1CCN(C(=O)c3ccc(Cl)cc3)CC1)c(C#N)c(=O)n2Cc1ccccc1. The van der Waals surface area contributed by atoms with Gasteiger partial charge in [-0.15, -0.1) is 0 Å². The molecule has 180 valence electrons. The molecule has 1 aromatic heterocycles. The van der Waals surface area contributed by atoms with Gasteiger partial charge in [0.25, 0.3) is 11.5 Å². The minimum Gasteiger partial charge on any atom is -0.366 e. The van der Waals surface area contributed by atoms with E-state index in [0.717, 1.165) is 22.0 Å². The van der Waals surface area contributed by atoms with Crippen molar-refractivity contribution in [3.8, 4) is 6.07 Å². The first-order valence-corrected chi connectivity index (χ1v) is 12.2. The molecule has 0 saturated carbocycles. The van der Waals surface area contributed by atoms with Gasteiger partial charge in [-0.25, -0.2) is 0 Å². The Bertz CT molecular complexity index is 1530. The second kappa shape index (κ2) is 9.88. The lowest BCUT2D eigenvalue weighted by Gasteiger charge is -2.37. The van der Waals surface area contributed by atoms with Gasteiger partial charge < -0.3 is 14.4 Å². The van der Waals surface area contributed by atoms with E-state index in [1.807, 2.05) is 55.5 Å². The normalized spacial score (nSPS) is 13.6. The number of anilines is 1. The first-order chi connectivity index (χ1) is 17.5. The Hall–Kier alpha value is -4.08. The summed E-state index contributed by atoms with van der Waals surface area (Å²) >= 11 is 5.96. The smallest absolute Gasteiger partial charge is 0.271 e. The van der Waals surface area contributed by atoms with Crippen LogP contribution in [0.3, 0.4) is 0 Å². The fraction of sp³-hybridized carbons (Fsp3) is 0.207. The van der Waals surface area contributed by atoms with E-state index in [0.29, 0.717) is 49.0 Å². The fourth-order valence-electron chi connectivity index (χ4n) is 4.82. The Kier molecular flexibility index (Phi) is 6.49. The Morgan fingerprint density at radius 1 is 0.972 bits per heavy atom. The van der Waals surface area contributed by atoms with Gasteiger partial charge in [-0.2, -0.15) is 5.26 Å². The Labute approximate surface area is 214 Å². The van der Waals surface area contributed by atoms with Crippen LogP contribution in [0.2, 0.25) is 5.02 Å². The summed E-state index contributed by atoms with van der Waals surface area (Å²) in [5.74, 6) is -0.0502. The predicted molar refractivity (Wildman–Crippen MR) is 143 cm³/mol. The molecule has 1 aliphatic rings. The van der Waals surface area contributed by atoms with Crippen molar-refractivity contribution in [1.29, 1.82) is 5.26 Å². The highest BCUT2D eigenvalue weighted by Crippen LogP contribution is 2.31. The molecule has 1 amide bonds. The molecule has 1 saturated heterocycles. The maximum Gasteiger partial charge on any atom is 0.271 e. The summed E-state index contributed by atoms with van der Waals surface area (Å²) in [5, 5.41) is 11.6. The van der Waals surface area contributed by atoms with Gasteiger partial charge in [-0.05, 0) is 48.9 Å². The molecule has 1 aliphatic heterocycles. The lowest BCUT2D eigenvalue weighted by molar-refractivity contribution is 0.0747. The summed E-state index contributed by atoms with van der Waals surface area (Å²) in [5.41, 5.74) is 3.93. The van der Waals surface area contributed by atoms with E-state index in [4.69, 9.17) is 11.6 Å². The van der Waals surface area contributed by atoms with Gasteiger partial charge in [-0.1, -0.05) is 53.6 Å². The number of rotatable bonds is 4. The quantitative estimate of drug-likeness (QED) is 0.405. The minimum atomic E-state index is -0.299. The third-order valence-corrected chi connectivity index (χ3v) is 6.92. The van der Waals surface area contributed by atoms with Crippen molar-refractivity contribution in [3.05, 3.63) is 110 Å². The summed E-state index contributed by atoms with van der Waals surface area (Å²) in [6.45, 7) is 4.43. The van der Waals surface area contributed by atoms with Crippen LogP contribution in [0.1, 0.15) is 27.0 Å². The zero-order valence-corrected chi connectivity index (χ0v) is 20.7. The Morgan fingerprint density at radius 3 is 2.33 bits per heavy atom. The molecule has 6 nitrogen and oxygen atoms in total. The molecule has 0 bridgehead atoms. The molecule has 0 unspecified atom stereocenters. The molecule has 1 fully saturated rings. The monoisotopic (exact) mass is 496 g/mol. The molecule has 0 N–H and O–H groups in total. The molecule has 3 aromatic carbocycles. The summed E-state index contributed by atoms with van der Waals surface area (Å²) in [7, 11) is 0. The van der Waals surface area contributed by atoms with E-state index >= 15 is 0 Å². The summed E-state index contributed by atoms with van der Waals surface area (Å²) in [4.78, 5) is 30.4. The highest BCUT2D eigenvalue weighted by atomic mass is 35.5. The second-order valence-corrected chi connectivity index (χ2v) is 9.46. The van der Waals surface area contributed by atoms with Crippen molar-refractivity contribution in [2.75, 3.05) is 31.1 Å². The predicted octanol–water partition coefficient (Wildman–Crippen LogP) is 4.85. The molecule has 0 aliphatic carbocycles. The summed E-state index contributed by atoms with van der Waals surface area (Å²) in [6.07, 6.45) is 0. The number of benzene rings is 3. The number of aromatic nitrogens is 1. The maximum absolute atomic E-state index is 13.6. The van der Waals surface area contributed by atoms with Crippen LogP contribution in [-0.4, -0.2) is 41.6 Å². The number of nitrogens with zero attached hydrogens (tertiary/aromatic N) is 4. The fourth-order valence-corrected chi connectivity index (χ4v) is 4.94. The molecule has 0 atom stereocenters. The summed E-state index contributed by atoms with van der Waals surface area (Å²) in [6, 6.07) is 24.8. The number of hydrogen-bond donors (Lipinski definition) is 0. The Morgan fingerprint density at radius 2 is 1.67 bits per heavy atom. The van der Waals surface area contributed by atoms with Gasteiger partial charge in [0.15, 0.2) is 0 Å². The number of carbonyl (C=O) groups is 1. The molecule has 5 rings (SSSR count). The number of nitriles is 1. The highest BCUT2D eigenvalue weighted by molar-refractivity contribution is 6.30. The van der Waals surface area contributed by atoms with Crippen LogP contribution in [0.4, 0.5) is 5.69 Å². The number of carbonyl (C=O) groups excluding carboxylic acids is 1. The number of fused-ring (bicyclic) bond motifs is 1. The second-order valence-electron chi connectivity index (χ2n) is 9.02. The first-order valence-electron chi connectivity index (χ1n) is 11.9. The van der Waals surface area contributed by atoms with Gasteiger partial charge in [0, 0.05) is 42.2 Å². The van der Waals surface area contributed by atoms with Gasteiger partial charge >= 0.3 is 0 Å². The van der Waals surface area contributed by atoms with Crippen LogP contribution in [0.5, 0.6) is 0 Å². The zero-order chi connectivity index (χ0) is 25.2. The van der Waals surface area contributed by atoms with Gasteiger partial charge in [0.2, 0.25) is 0 Å². The van der Waals surface area contributed by atoms with Crippen LogP contribution in [0, 0.1) is 18.3 Å². The van der Waals surface area contributed by atoms with E-state index in [1.165, 1.54) is 0 Å². The molecule has 0 spiro atoms. The standard InChI is InChI=1S/C29H25ClN4O2/c1-20-7-12-26-24(17-20)27(25(18-31)29(36)34(26)19-21-5-3-2-4-6-21)32-13-15-33(16-14-32)28(35)22-8-10-23(30)11-9-22/h2-12,17H,13-16,19H2,1H3. The molecular weight excluding hydrogens is 472 g/mol. The van der Waals surface area contributed by atoms with Crippen molar-refractivity contribution in [2.45, 2.75) is 13.5 Å². The topological polar surface area (TPSA) is 69.3 Å². The molecule has 4 aromatic rings. The van der Waals surface area contributed by atoms with Crippen molar-refractivity contribution < 1.29 is 4.79 Å². The van der Waals surface area contributed by atoms with E-state index in [1.54, 1.807) is 33.7 Å². The minimum absolute atomic E-state index is 0.0502. The molecule has 7 heteroatoms. The largest absolute Gasteiger partial charge is 0.366 e. The first kappa shape index (κ1) is 23.7. The molecule has 2 heterocycles. The van der Waals surface area contributed by atoms with Crippen LogP contribution in [0.25, 0.3) is 10.9 Å². The lowest BCUT2D eigenvalue weighted by Crippen LogP contribution is -2.49. The van der Waals surface area contributed by atoms with Crippen molar-refractivity contribution in [2.24, 2.45) is 0 Å². The van der Waals surface area contributed by atoms with Crippen molar-refractivity contribution in [3.63, 3.8) is 0 Å². The van der Waals surface area contributed by atoms with Crippen molar-refractivity contribution in [1.82, 2.24) is 9.47 Å². The Balaban J connectivity index is 1.51. The maximum atomic E-state index is 13.6. The zero-order valence-electron chi connectivity index (χ0n) is 19.9. The van der Waals surface area contributed by atoms with E-state index in [2.05, 4.69) is 11.0 Å². The van der Waals surface area contributed by atoms with E-state index in [9.17, 15) is 14.9 Å². The number of aryl methyl sites for hydroxylation is 1. The third kappa shape index (κ3) is 4.46. The van der Waals surface area contributed by atoms with Gasteiger partial charge in [-0.3, -0.25) is 9.59 Å².